The van der Waals surface area contributed by atoms with E-state index >= 15 is 0 Å². The fraction of sp³-hybridized carbons (Fsp3) is 0.636. The molecule has 0 bridgehead atoms. The third kappa shape index (κ3) is 2.03. The van der Waals surface area contributed by atoms with Gasteiger partial charge in [0.25, 0.3) is 0 Å². The Morgan fingerprint density at radius 2 is 2.31 bits per heavy atom. The predicted molar refractivity (Wildman–Crippen MR) is 60.1 cm³/mol. The highest BCUT2D eigenvalue weighted by Crippen LogP contribution is 2.30. The quantitative estimate of drug-likeness (QED) is 0.792. The van der Waals surface area contributed by atoms with Gasteiger partial charge in [0.05, 0.1) is 12.6 Å². The molecule has 1 aromatic heterocycles. The van der Waals surface area contributed by atoms with Crippen molar-refractivity contribution >= 4 is 11.8 Å². The van der Waals surface area contributed by atoms with Gasteiger partial charge in [0.15, 0.2) is 0 Å². The average molecular weight is 223 g/mol. The van der Waals surface area contributed by atoms with Gasteiger partial charge in [0.2, 0.25) is 0 Å². The Hall–Kier alpha value is -1.52. The standard InChI is InChI=1S/C11H17N3O2/c1-2-16-11(15)9-7-10(12)13-14(9)8-5-3-4-6-8/h7-8H,2-6H2,1H3,(H2,12,13). The van der Waals surface area contributed by atoms with Crippen molar-refractivity contribution in [1.29, 1.82) is 0 Å². The van der Waals surface area contributed by atoms with Crippen LogP contribution in [-0.4, -0.2) is 22.4 Å². The highest BCUT2D eigenvalue weighted by atomic mass is 16.5. The Morgan fingerprint density at radius 1 is 1.62 bits per heavy atom. The number of nitrogens with two attached hydrogens (primary N) is 1. The van der Waals surface area contributed by atoms with Crippen LogP contribution in [0.25, 0.3) is 0 Å². The van der Waals surface area contributed by atoms with E-state index < -0.39 is 0 Å². The number of aromatic nitrogens is 2. The number of rotatable bonds is 3. The summed E-state index contributed by atoms with van der Waals surface area (Å²) in [5.74, 6) is 0.0496. The van der Waals surface area contributed by atoms with E-state index in [4.69, 9.17) is 10.5 Å². The second-order valence-electron chi connectivity index (χ2n) is 4.06. The average Bonchev–Trinajstić information content (AvgIpc) is 2.85. The van der Waals surface area contributed by atoms with Crippen LogP contribution in [0.2, 0.25) is 0 Å². The van der Waals surface area contributed by atoms with Crippen LogP contribution in [0.4, 0.5) is 5.82 Å². The van der Waals surface area contributed by atoms with Gasteiger partial charge < -0.3 is 10.5 Å². The van der Waals surface area contributed by atoms with Crippen molar-refractivity contribution in [1.82, 2.24) is 9.78 Å². The molecule has 16 heavy (non-hydrogen) atoms. The first-order valence-corrected chi connectivity index (χ1v) is 5.74. The van der Waals surface area contributed by atoms with E-state index in [9.17, 15) is 4.79 Å². The van der Waals surface area contributed by atoms with Gasteiger partial charge in [-0.1, -0.05) is 12.8 Å². The van der Waals surface area contributed by atoms with Gasteiger partial charge in [-0.25, -0.2) is 4.79 Å². The number of hydrogen-bond acceptors (Lipinski definition) is 4. The molecule has 5 nitrogen and oxygen atoms in total. The molecule has 0 aliphatic heterocycles. The third-order valence-corrected chi connectivity index (χ3v) is 2.91. The molecule has 88 valence electrons. The van der Waals surface area contributed by atoms with E-state index in [1.807, 2.05) is 0 Å². The molecule has 2 N–H and O–H groups in total. The fourth-order valence-corrected chi connectivity index (χ4v) is 2.20. The molecule has 0 spiro atoms. The number of anilines is 1. The largest absolute Gasteiger partial charge is 0.461 e. The van der Waals surface area contributed by atoms with E-state index in [0.717, 1.165) is 12.8 Å². The van der Waals surface area contributed by atoms with Gasteiger partial charge in [-0.3, -0.25) is 4.68 Å². The summed E-state index contributed by atoms with van der Waals surface area (Å²) < 4.78 is 6.72. The van der Waals surface area contributed by atoms with Crippen molar-refractivity contribution in [3.8, 4) is 0 Å². The lowest BCUT2D eigenvalue weighted by Gasteiger charge is -2.12. The van der Waals surface area contributed by atoms with E-state index in [2.05, 4.69) is 5.10 Å². The highest BCUT2D eigenvalue weighted by Gasteiger charge is 2.24. The van der Waals surface area contributed by atoms with Gasteiger partial charge in [0.1, 0.15) is 11.5 Å². The maximum atomic E-state index is 11.7. The molecule has 0 amide bonds. The SMILES string of the molecule is CCOC(=O)c1cc(N)nn1C1CCCC1. The summed E-state index contributed by atoms with van der Waals surface area (Å²) >= 11 is 0. The Kier molecular flexibility index (Phi) is 3.12. The summed E-state index contributed by atoms with van der Waals surface area (Å²) in [7, 11) is 0. The molecule has 1 aliphatic rings. The van der Waals surface area contributed by atoms with Crippen LogP contribution < -0.4 is 5.73 Å². The number of nitrogens with zero attached hydrogens (tertiary/aromatic N) is 2. The van der Waals surface area contributed by atoms with E-state index in [-0.39, 0.29) is 5.97 Å². The number of ether oxygens (including phenoxy) is 1. The van der Waals surface area contributed by atoms with E-state index in [1.165, 1.54) is 12.8 Å². The lowest BCUT2D eigenvalue weighted by Crippen LogP contribution is -2.16. The van der Waals surface area contributed by atoms with Crippen LogP contribution in [0.15, 0.2) is 6.07 Å². The van der Waals surface area contributed by atoms with Crippen molar-refractivity contribution in [3.05, 3.63) is 11.8 Å². The monoisotopic (exact) mass is 223 g/mol. The summed E-state index contributed by atoms with van der Waals surface area (Å²) in [6.45, 7) is 2.16. The summed E-state index contributed by atoms with van der Waals surface area (Å²) in [5.41, 5.74) is 6.12. The first kappa shape index (κ1) is 11.0. The number of hydrogen-bond donors (Lipinski definition) is 1. The molecule has 0 saturated heterocycles. The molecular weight excluding hydrogens is 206 g/mol. The summed E-state index contributed by atoms with van der Waals surface area (Å²) in [6.07, 6.45) is 4.50. The third-order valence-electron chi connectivity index (χ3n) is 2.91. The molecule has 0 unspecified atom stereocenters. The zero-order valence-corrected chi connectivity index (χ0v) is 9.48. The smallest absolute Gasteiger partial charge is 0.356 e. The minimum Gasteiger partial charge on any atom is -0.461 e. The Morgan fingerprint density at radius 3 is 2.94 bits per heavy atom. The Balaban J connectivity index is 2.25. The Bertz CT molecular complexity index is 381. The summed E-state index contributed by atoms with van der Waals surface area (Å²) in [5, 5.41) is 4.19. The predicted octanol–water partition coefficient (Wildman–Crippen LogP) is 1.76. The second-order valence-corrected chi connectivity index (χ2v) is 4.06. The molecule has 1 aromatic rings. The van der Waals surface area contributed by atoms with Crippen molar-refractivity contribution in [2.75, 3.05) is 12.3 Å². The lowest BCUT2D eigenvalue weighted by molar-refractivity contribution is 0.0509. The van der Waals surface area contributed by atoms with Crippen LogP contribution in [-0.2, 0) is 4.74 Å². The molecule has 0 atom stereocenters. The molecular formula is C11H17N3O2. The lowest BCUT2D eigenvalue weighted by atomic mass is 10.2. The maximum Gasteiger partial charge on any atom is 0.356 e. The molecule has 1 fully saturated rings. The van der Waals surface area contributed by atoms with Gasteiger partial charge in [-0.2, -0.15) is 5.10 Å². The molecule has 2 rings (SSSR count). The second kappa shape index (κ2) is 4.55. The number of nitrogen functional groups attached to an aromatic ring is 1. The molecule has 0 aromatic carbocycles. The minimum absolute atomic E-state index is 0.303. The molecule has 5 heteroatoms. The first-order chi connectivity index (χ1) is 7.72. The molecule has 0 radical (unpaired) electrons. The molecule has 1 heterocycles. The topological polar surface area (TPSA) is 70.1 Å². The normalized spacial score (nSPS) is 16.6. The van der Waals surface area contributed by atoms with E-state index in [1.54, 1.807) is 17.7 Å². The number of carbonyl (C=O) groups excluding carboxylic acids is 1. The van der Waals surface area contributed by atoms with Gasteiger partial charge in [0, 0.05) is 6.07 Å². The van der Waals surface area contributed by atoms with Crippen LogP contribution in [0.3, 0.4) is 0 Å². The highest BCUT2D eigenvalue weighted by molar-refractivity contribution is 5.88. The first-order valence-electron chi connectivity index (χ1n) is 5.74. The van der Waals surface area contributed by atoms with Crippen LogP contribution >= 0.6 is 0 Å². The van der Waals surface area contributed by atoms with Gasteiger partial charge in [-0.05, 0) is 19.8 Å². The maximum absolute atomic E-state index is 11.7. The Labute approximate surface area is 94.6 Å². The van der Waals surface area contributed by atoms with Crippen molar-refractivity contribution < 1.29 is 9.53 Å². The number of carbonyl (C=O) groups is 1. The van der Waals surface area contributed by atoms with Crippen LogP contribution in [0, 0.1) is 0 Å². The molecule has 1 saturated carbocycles. The summed E-state index contributed by atoms with van der Waals surface area (Å²) in [6, 6.07) is 1.90. The van der Waals surface area contributed by atoms with Crippen LogP contribution in [0.5, 0.6) is 0 Å². The summed E-state index contributed by atoms with van der Waals surface area (Å²) in [4.78, 5) is 11.7. The van der Waals surface area contributed by atoms with E-state index in [0.29, 0.717) is 24.2 Å². The van der Waals surface area contributed by atoms with Crippen molar-refractivity contribution in [3.63, 3.8) is 0 Å². The van der Waals surface area contributed by atoms with Gasteiger partial charge in [-0.15, -0.1) is 0 Å². The van der Waals surface area contributed by atoms with Gasteiger partial charge >= 0.3 is 5.97 Å². The zero-order valence-electron chi connectivity index (χ0n) is 9.48. The van der Waals surface area contributed by atoms with Crippen molar-refractivity contribution in [2.24, 2.45) is 0 Å². The molecule has 1 aliphatic carbocycles. The number of esters is 1. The fourth-order valence-electron chi connectivity index (χ4n) is 2.20. The minimum atomic E-state index is -0.335. The van der Waals surface area contributed by atoms with Crippen molar-refractivity contribution in [2.45, 2.75) is 38.6 Å². The zero-order chi connectivity index (χ0) is 11.5. The van der Waals surface area contributed by atoms with Crippen LogP contribution in [0.1, 0.15) is 49.1 Å².